The molecule has 0 aliphatic rings. The summed E-state index contributed by atoms with van der Waals surface area (Å²) >= 11 is 0. The highest BCUT2D eigenvalue weighted by atomic mass is 16.4. The Bertz CT molecular complexity index is 610. The van der Waals surface area contributed by atoms with Gasteiger partial charge in [-0.3, -0.25) is 0 Å². The molecule has 0 bridgehead atoms. The number of aliphatic carboxylic acids is 1. The average molecular weight is 266 g/mol. The zero-order chi connectivity index (χ0) is 14.5. The molecule has 0 aliphatic heterocycles. The molecule has 20 heavy (non-hydrogen) atoms. The number of rotatable bonds is 4. The Morgan fingerprint density at radius 1 is 1.00 bits per heavy atom. The smallest absolute Gasteiger partial charge is 0.330 e. The van der Waals surface area contributed by atoms with E-state index in [-0.39, 0.29) is 5.92 Å². The van der Waals surface area contributed by atoms with E-state index in [1.165, 1.54) is 5.56 Å². The second-order valence-electron chi connectivity index (χ2n) is 4.95. The van der Waals surface area contributed by atoms with Crippen molar-refractivity contribution >= 4 is 5.97 Å². The number of aryl methyl sites for hydroxylation is 1. The van der Waals surface area contributed by atoms with Crippen molar-refractivity contribution in [2.24, 2.45) is 0 Å². The lowest BCUT2D eigenvalue weighted by atomic mass is 9.89. The van der Waals surface area contributed by atoms with E-state index >= 15 is 0 Å². The molecule has 0 heterocycles. The highest BCUT2D eigenvalue weighted by Crippen LogP contribution is 2.27. The standard InChI is InChI=1S/C18H18O2/c1-13-8-10-16(11-9-13)17(12-14(2)18(19)20)15-6-4-3-5-7-15/h3-12,17H,1-2H3,(H,19,20). The van der Waals surface area contributed by atoms with E-state index < -0.39 is 5.97 Å². The zero-order valence-electron chi connectivity index (χ0n) is 11.7. The number of hydrogen-bond acceptors (Lipinski definition) is 1. The van der Waals surface area contributed by atoms with E-state index in [0.717, 1.165) is 11.1 Å². The Kier molecular flexibility index (Phi) is 4.36. The fraction of sp³-hybridized carbons (Fsp3) is 0.167. The van der Waals surface area contributed by atoms with Gasteiger partial charge >= 0.3 is 5.97 Å². The molecule has 0 saturated carbocycles. The van der Waals surface area contributed by atoms with Gasteiger partial charge in [-0.2, -0.15) is 0 Å². The summed E-state index contributed by atoms with van der Waals surface area (Å²) in [6, 6.07) is 18.2. The van der Waals surface area contributed by atoms with Crippen molar-refractivity contribution in [2.75, 3.05) is 0 Å². The summed E-state index contributed by atoms with van der Waals surface area (Å²) in [5.41, 5.74) is 3.75. The van der Waals surface area contributed by atoms with Crippen LogP contribution in [0.1, 0.15) is 29.5 Å². The molecule has 0 radical (unpaired) electrons. The molecular formula is C18H18O2. The average Bonchev–Trinajstić information content (AvgIpc) is 2.46. The topological polar surface area (TPSA) is 37.3 Å². The fourth-order valence-corrected chi connectivity index (χ4v) is 2.14. The monoisotopic (exact) mass is 266 g/mol. The number of carboxylic acids is 1. The van der Waals surface area contributed by atoms with Crippen molar-refractivity contribution < 1.29 is 9.90 Å². The lowest BCUT2D eigenvalue weighted by Gasteiger charge is -2.15. The lowest BCUT2D eigenvalue weighted by Crippen LogP contribution is -2.03. The first-order valence-electron chi connectivity index (χ1n) is 6.61. The Morgan fingerprint density at radius 2 is 1.55 bits per heavy atom. The summed E-state index contributed by atoms with van der Waals surface area (Å²) in [4.78, 5) is 11.1. The number of carboxylic acid groups (broad SMARTS) is 1. The second kappa shape index (κ2) is 6.20. The number of hydrogen-bond donors (Lipinski definition) is 1. The molecule has 102 valence electrons. The minimum Gasteiger partial charge on any atom is -0.478 e. The predicted molar refractivity (Wildman–Crippen MR) is 80.9 cm³/mol. The number of carbonyl (C=O) groups is 1. The van der Waals surface area contributed by atoms with E-state index in [9.17, 15) is 4.79 Å². The van der Waals surface area contributed by atoms with Gasteiger partial charge < -0.3 is 5.11 Å². The van der Waals surface area contributed by atoms with Gasteiger partial charge in [0.1, 0.15) is 0 Å². The molecule has 1 N–H and O–H groups in total. The summed E-state index contributed by atoms with van der Waals surface area (Å²) in [5.74, 6) is -0.911. The van der Waals surface area contributed by atoms with Crippen LogP contribution in [0.2, 0.25) is 0 Å². The van der Waals surface area contributed by atoms with Crippen LogP contribution in [0.3, 0.4) is 0 Å². The Labute approximate surface area is 119 Å². The maximum absolute atomic E-state index is 11.1. The van der Waals surface area contributed by atoms with Crippen LogP contribution in [0.15, 0.2) is 66.2 Å². The summed E-state index contributed by atoms with van der Waals surface area (Å²) in [6.45, 7) is 3.67. The summed E-state index contributed by atoms with van der Waals surface area (Å²) in [6.07, 6.45) is 1.81. The van der Waals surface area contributed by atoms with Gasteiger partial charge in [-0.15, -0.1) is 0 Å². The molecule has 2 rings (SSSR count). The van der Waals surface area contributed by atoms with Crippen LogP contribution in [0.4, 0.5) is 0 Å². The highest BCUT2D eigenvalue weighted by molar-refractivity contribution is 5.86. The van der Waals surface area contributed by atoms with Gasteiger partial charge in [0.25, 0.3) is 0 Å². The van der Waals surface area contributed by atoms with Crippen LogP contribution in [0, 0.1) is 6.92 Å². The van der Waals surface area contributed by atoms with Crippen LogP contribution in [0.25, 0.3) is 0 Å². The first kappa shape index (κ1) is 14.1. The summed E-state index contributed by atoms with van der Waals surface area (Å²) < 4.78 is 0. The summed E-state index contributed by atoms with van der Waals surface area (Å²) in [5, 5.41) is 9.10. The third-order valence-corrected chi connectivity index (χ3v) is 3.35. The van der Waals surface area contributed by atoms with Crippen molar-refractivity contribution in [1.29, 1.82) is 0 Å². The third kappa shape index (κ3) is 3.35. The molecule has 0 amide bonds. The van der Waals surface area contributed by atoms with E-state index in [1.807, 2.05) is 43.3 Å². The predicted octanol–water partition coefficient (Wildman–Crippen LogP) is 4.16. The third-order valence-electron chi connectivity index (χ3n) is 3.35. The fourth-order valence-electron chi connectivity index (χ4n) is 2.14. The second-order valence-corrected chi connectivity index (χ2v) is 4.95. The van der Waals surface area contributed by atoms with Gasteiger partial charge in [-0.25, -0.2) is 4.79 Å². The van der Waals surface area contributed by atoms with E-state index in [2.05, 4.69) is 24.3 Å². The number of benzene rings is 2. The highest BCUT2D eigenvalue weighted by Gasteiger charge is 2.13. The minimum atomic E-state index is -0.877. The van der Waals surface area contributed by atoms with Crippen LogP contribution < -0.4 is 0 Å². The van der Waals surface area contributed by atoms with Gasteiger partial charge in [-0.05, 0) is 25.0 Å². The molecule has 2 nitrogen and oxygen atoms in total. The first-order chi connectivity index (χ1) is 9.58. The van der Waals surface area contributed by atoms with E-state index in [0.29, 0.717) is 5.57 Å². The van der Waals surface area contributed by atoms with Gasteiger partial charge in [0.2, 0.25) is 0 Å². The Morgan fingerprint density at radius 3 is 2.10 bits per heavy atom. The molecule has 0 aromatic heterocycles. The van der Waals surface area contributed by atoms with Crippen LogP contribution in [-0.2, 0) is 4.79 Å². The van der Waals surface area contributed by atoms with Crippen LogP contribution in [0.5, 0.6) is 0 Å². The van der Waals surface area contributed by atoms with Crippen LogP contribution in [-0.4, -0.2) is 11.1 Å². The van der Waals surface area contributed by atoms with Crippen LogP contribution >= 0.6 is 0 Å². The maximum atomic E-state index is 11.1. The van der Waals surface area contributed by atoms with Gasteiger partial charge in [-0.1, -0.05) is 66.2 Å². The molecule has 2 heteroatoms. The molecule has 0 saturated heterocycles. The minimum absolute atomic E-state index is 0.0344. The van der Waals surface area contributed by atoms with Crippen molar-refractivity contribution in [2.45, 2.75) is 19.8 Å². The van der Waals surface area contributed by atoms with E-state index in [4.69, 9.17) is 5.11 Å². The molecule has 1 unspecified atom stereocenters. The molecule has 0 spiro atoms. The van der Waals surface area contributed by atoms with Crippen molar-refractivity contribution in [3.63, 3.8) is 0 Å². The number of allylic oxidation sites excluding steroid dienone is 1. The quantitative estimate of drug-likeness (QED) is 0.844. The van der Waals surface area contributed by atoms with Gasteiger partial charge in [0, 0.05) is 11.5 Å². The Hall–Kier alpha value is -2.35. The maximum Gasteiger partial charge on any atom is 0.330 e. The SMILES string of the molecule is CC(=CC(c1ccccc1)c1ccc(C)cc1)C(=O)O. The van der Waals surface area contributed by atoms with Gasteiger partial charge in [0.05, 0.1) is 0 Å². The molecule has 2 aromatic rings. The lowest BCUT2D eigenvalue weighted by molar-refractivity contribution is -0.132. The normalized spacial score (nSPS) is 13.0. The largest absolute Gasteiger partial charge is 0.478 e. The molecule has 1 atom stereocenters. The van der Waals surface area contributed by atoms with Crippen molar-refractivity contribution in [1.82, 2.24) is 0 Å². The molecular weight excluding hydrogens is 248 g/mol. The van der Waals surface area contributed by atoms with E-state index in [1.54, 1.807) is 6.92 Å². The van der Waals surface area contributed by atoms with Crippen molar-refractivity contribution in [3.8, 4) is 0 Å². The van der Waals surface area contributed by atoms with Gasteiger partial charge in [0.15, 0.2) is 0 Å². The zero-order valence-corrected chi connectivity index (χ0v) is 11.7. The summed E-state index contributed by atoms with van der Waals surface area (Å²) in [7, 11) is 0. The van der Waals surface area contributed by atoms with Crippen molar-refractivity contribution in [3.05, 3.63) is 82.9 Å². The molecule has 0 aliphatic carbocycles. The Balaban J connectivity index is 2.47. The molecule has 0 fully saturated rings. The first-order valence-corrected chi connectivity index (χ1v) is 6.61. The molecule has 2 aromatic carbocycles.